The molecule has 0 unspecified atom stereocenters. The van der Waals surface area contributed by atoms with Crippen LogP contribution in [0.25, 0.3) is 11.3 Å². The Morgan fingerprint density at radius 1 is 1.12 bits per heavy atom. The van der Waals surface area contributed by atoms with Crippen LogP contribution in [0.15, 0.2) is 40.8 Å². The van der Waals surface area contributed by atoms with Crippen molar-refractivity contribution in [3.8, 4) is 11.3 Å². The second kappa shape index (κ2) is 5.89. The lowest BCUT2D eigenvalue weighted by Crippen LogP contribution is -2.12. The summed E-state index contributed by atoms with van der Waals surface area (Å²) < 4.78 is 5.75. The zero-order valence-electron chi connectivity index (χ0n) is 9.87. The summed E-state index contributed by atoms with van der Waals surface area (Å²) in [6, 6.07) is 11.7. The molecular formula is C14H16ClNO. The Bertz CT molecular complexity index is 461. The van der Waals surface area contributed by atoms with E-state index in [1.807, 2.05) is 36.4 Å². The Balaban J connectivity index is 2.04. The minimum atomic E-state index is 0.741. The van der Waals surface area contributed by atoms with Gasteiger partial charge in [-0.3, -0.25) is 0 Å². The summed E-state index contributed by atoms with van der Waals surface area (Å²) in [5.74, 6) is 1.85. The van der Waals surface area contributed by atoms with E-state index in [1.165, 1.54) is 0 Å². The average molecular weight is 250 g/mol. The average Bonchev–Trinajstić information content (AvgIpc) is 2.79. The van der Waals surface area contributed by atoms with Gasteiger partial charge in [0, 0.05) is 10.6 Å². The maximum atomic E-state index is 5.85. The molecule has 1 aromatic carbocycles. The SMILES string of the molecule is CCCNCc1ccc(-c2ccc(Cl)cc2)o1. The first kappa shape index (κ1) is 12.2. The highest BCUT2D eigenvalue weighted by molar-refractivity contribution is 6.30. The summed E-state index contributed by atoms with van der Waals surface area (Å²) >= 11 is 5.85. The van der Waals surface area contributed by atoms with Gasteiger partial charge in [0.1, 0.15) is 11.5 Å². The maximum absolute atomic E-state index is 5.85. The second-order valence-corrected chi connectivity index (χ2v) is 4.39. The quantitative estimate of drug-likeness (QED) is 0.807. The topological polar surface area (TPSA) is 25.2 Å². The Hall–Kier alpha value is -1.25. The molecule has 0 radical (unpaired) electrons. The van der Waals surface area contributed by atoms with Gasteiger partial charge in [0.05, 0.1) is 6.54 Å². The van der Waals surface area contributed by atoms with E-state index >= 15 is 0 Å². The number of hydrogen-bond acceptors (Lipinski definition) is 2. The fourth-order valence-electron chi connectivity index (χ4n) is 1.63. The van der Waals surface area contributed by atoms with E-state index in [0.717, 1.165) is 41.6 Å². The van der Waals surface area contributed by atoms with Crippen molar-refractivity contribution in [2.24, 2.45) is 0 Å². The molecule has 2 rings (SSSR count). The normalized spacial score (nSPS) is 10.7. The van der Waals surface area contributed by atoms with E-state index in [2.05, 4.69) is 12.2 Å². The zero-order chi connectivity index (χ0) is 12.1. The van der Waals surface area contributed by atoms with Gasteiger partial charge in [-0.2, -0.15) is 0 Å². The van der Waals surface area contributed by atoms with Gasteiger partial charge in [0.25, 0.3) is 0 Å². The minimum absolute atomic E-state index is 0.741. The van der Waals surface area contributed by atoms with Crippen molar-refractivity contribution in [1.82, 2.24) is 5.32 Å². The van der Waals surface area contributed by atoms with E-state index in [1.54, 1.807) is 0 Å². The summed E-state index contributed by atoms with van der Waals surface area (Å²) in [4.78, 5) is 0. The van der Waals surface area contributed by atoms with Gasteiger partial charge < -0.3 is 9.73 Å². The molecule has 0 amide bonds. The summed E-state index contributed by atoms with van der Waals surface area (Å²) in [5, 5.41) is 4.05. The molecule has 0 aliphatic rings. The molecule has 90 valence electrons. The smallest absolute Gasteiger partial charge is 0.134 e. The highest BCUT2D eigenvalue weighted by Gasteiger charge is 2.04. The monoisotopic (exact) mass is 249 g/mol. The molecule has 17 heavy (non-hydrogen) atoms. The summed E-state index contributed by atoms with van der Waals surface area (Å²) in [7, 11) is 0. The Labute approximate surface area is 107 Å². The minimum Gasteiger partial charge on any atom is -0.460 e. The Morgan fingerprint density at radius 2 is 1.88 bits per heavy atom. The van der Waals surface area contributed by atoms with E-state index in [9.17, 15) is 0 Å². The fourth-order valence-corrected chi connectivity index (χ4v) is 1.76. The molecule has 0 bridgehead atoms. The van der Waals surface area contributed by atoms with E-state index in [4.69, 9.17) is 16.0 Å². The molecule has 0 aliphatic heterocycles. The third-order valence-electron chi connectivity index (χ3n) is 2.52. The van der Waals surface area contributed by atoms with Crippen LogP contribution in [0.4, 0.5) is 0 Å². The predicted octanol–water partition coefficient (Wildman–Crippen LogP) is 4.10. The van der Waals surface area contributed by atoms with E-state index < -0.39 is 0 Å². The lowest BCUT2D eigenvalue weighted by molar-refractivity contribution is 0.493. The van der Waals surface area contributed by atoms with Gasteiger partial charge >= 0.3 is 0 Å². The van der Waals surface area contributed by atoms with Crippen LogP contribution in [0, 0.1) is 0 Å². The number of halogens is 1. The number of nitrogens with one attached hydrogen (secondary N) is 1. The second-order valence-electron chi connectivity index (χ2n) is 3.95. The largest absolute Gasteiger partial charge is 0.460 e. The maximum Gasteiger partial charge on any atom is 0.134 e. The van der Waals surface area contributed by atoms with E-state index in [0.29, 0.717) is 0 Å². The number of hydrogen-bond donors (Lipinski definition) is 1. The summed E-state index contributed by atoms with van der Waals surface area (Å²) in [6.07, 6.45) is 1.13. The van der Waals surface area contributed by atoms with Crippen LogP contribution in [0.3, 0.4) is 0 Å². The molecular weight excluding hydrogens is 234 g/mol. The molecule has 1 aromatic heterocycles. The number of benzene rings is 1. The van der Waals surface area contributed by atoms with Gasteiger partial charge in [0.15, 0.2) is 0 Å². The number of rotatable bonds is 5. The van der Waals surface area contributed by atoms with Crippen LogP contribution in [-0.2, 0) is 6.54 Å². The summed E-state index contributed by atoms with van der Waals surface area (Å²) in [5.41, 5.74) is 1.05. The van der Waals surface area contributed by atoms with Crippen LogP contribution in [0.5, 0.6) is 0 Å². The van der Waals surface area contributed by atoms with Gasteiger partial charge in [-0.1, -0.05) is 18.5 Å². The van der Waals surface area contributed by atoms with Gasteiger partial charge in [0.2, 0.25) is 0 Å². The Kier molecular flexibility index (Phi) is 4.24. The zero-order valence-corrected chi connectivity index (χ0v) is 10.6. The lowest BCUT2D eigenvalue weighted by atomic mass is 10.2. The molecule has 0 saturated carbocycles. The van der Waals surface area contributed by atoms with Gasteiger partial charge in [-0.25, -0.2) is 0 Å². The predicted molar refractivity (Wildman–Crippen MR) is 71.2 cm³/mol. The molecule has 3 heteroatoms. The van der Waals surface area contributed by atoms with Gasteiger partial charge in [-0.15, -0.1) is 0 Å². The molecule has 1 N–H and O–H groups in total. The highest BCUT2D eigenvalue weighted by Crippen LogP contribution is 2.23. The molecule has 0 spiro atoms. The van der Waals surface area contributed by atoms with Crippen molar-refractivity contribution >= 4 is 11.6 Å². The molecule has 0 saturated heterocycles. The Morgan fingerprint density at radius 3 is 2.59 bits per heavy atom. The van der Waals surface area contributed by atoms with E-state index in [-0.39, 0.29) is 0 Å². The summed E-state index contributed by atoms with van der Waals surface area (Å²) in [6.45, 7) is 3.94. The molecule has 2 aromatic rings. The van der Waals surface area contributed by atoms with Crippen LogP contribution in [0.1, 0.15) is 19.1 Å². The van der Waals surface area contributed by atoms with Crippen molar-refractivity contribution in [1.29, 1.82) is 0 Å². The standard InChI is InChI=1S/C14H16ClNO/c1-2-9-16-10-13-7-8-14(17-13)11-3-5-12(15)6-4-11/h3-8,16H,2,9-10H2,1H3. The molecule has 2 nitrogen and oxygen atoms in total. The van der Waals surface area contributed by atoms with Crippen molar-refractivity contribution in [2.45, 2.75) is 19.9 Å². The lowest BCUT2D eigenvalue weighted by Gasteiger charge is -2.00. The van der Waals surface area contributed by atoms with Crippen molar-refractivity contribution < 1.29 is 4.42 Å². The third-order valence-corrected chi connectivity index (χ3v) is 2.77. The van der Waals surface area contributed by atoms with Crippen molar-refractivity contribution in [3.63, 3.8) is 0 Å². The first-order valence-corrected chi connectivity index (χ1v) is 6.23. The van der Waals surface area contributed by atoms with Gasteiger partial charge in [-0.05, 0) is 49.4 Å². The molecule has 0 atom stereocenters. The molecule has 1 heterocycles. The third kappa shape index (κ3) is 3.35. The highest BCUT2D eigenvalue weighted by atomic mass is 35.5. The fraction of sp³-hybridized carbons (Fsp3) is 0.286. The van der Waals surface area contributed by atoms with Crippen molar-refractivity contribution in [2.75, 3.05) is 6.54 Å². The van der Waals surface area contributed by atoms with Crippen LogP contribution >= 0.6 is 11.6 Å². The van der Waals surface area contributed by atoms with Crippen LogP contribution < -0.4 is 5.32 Å². The van der Waals surface area contributed by atoms with Crippen LogP contribution in [0.2, 0.25) is 5.02 Å². The molecule has 0 aliphatic carbocycles. The van der Waals surface area contributed by atoms with Crippen LogP contribution in [-0.4, -0.2) is 6.54 Å². The first-order chi connectivity index (χ1) is 8.29. The molecule has 0 fully saturated rings. The van der Waals surface area contributed by atoms with Crippen molar-refractivity contribution in [3.05, 3.63) is 47.2 Å². The number of furan rings is 1. The first-order valence-electron chi connectivity index (χ1n) is 5.85.